The van der Waals surface area contributed by atoms with Crippen LogP contribution in [-0.2, 0) is 11.3 Å². The highest BCUT2D eigenvalue weighted by Gasteiger charge is 2.21. The van der Waals surface area contributed by atoms with Gasteiger partial charge in [-0.15, -0.1) is 0 Å². The molecule has 0 aliphatic rings. The smallest absolute Gasteiger partial charge is 0.217 e. The first-order valence-electron chi connectivity index (χ1n) is 5.89. The lowest BCUT2D eigenvalue weighted by molar-refractivity contribution is -0.120. The Kier molecular flexibility index (Phi) is 4.69. The number of carbonyl (C=O) groups excluding carboxylic acids is 1. The first-order valence-corrected chi connectivity index (χ1v) is 5.89. The van der Waals surface area contributed by atoms with Crippen molar-refractivity contribution in [2.24, 2.45) is 0 Å². The van der Waals surface area contributed by atoms with Gasteiger partial charge in [-0.3, -0.25) is 9.89 Å². The number of hydrogen-bond donors (Lipinski definition) is 3. The average molecular weight is 238 g/mol. The van der Waals surface area contributed by atoms with Gasteiger partial charge in [0.25, 0.3) is 0 Å². The molecule has 1 amide bonds. The van der Waals surface area contributed by atoms with Crippen LogP contribution >= 0.6 is 0 Å². The van der Waals surface area contributed by atoms with Crippen LogP contribution in [0.15, 0.2) is 12.3 Å². The third-order valence-corrected chi connectivity index (χ3v) is 2.53. The first-order chi connectivity index (χ1) is 7.89. The highest BCUT2D eigenvalue weighted by atomic mass is 16.1. The van der Waals surface area contributed by atoms with E-state index < -0.39 is 0 Å². The van der Waals surface area contributed by atoms with Gasteiger partial charge in [0, 0.05) is 36.9 Å². The van der Waals surface area contributed by atoms with Crippen LogP contribution in [0.3, 0.4) is 0 Å². The second-order valence-corrected chi connectivity index (χ2v) is 5.13. The topological polar surface area (TPSA) is 69.8 Å². The van der Waals surface area contributed by atoms with Crippen molar-refractivity contribution in [3.63, 3.8) is 0 Å². The molecule has 96 valence electrons. The Bertz CT molecular complexity index is 345. The summed E-state index contributed by atoms with van der Waals surface area (Å²) in [5, 5.41) is 13.1. The van der Waals surface area contributed by atoms with Crippen molar-refractivity contribution in [1.82, 2.24) is 20.8 Å². The van der Waals surface area contributed by atoms with E-state index in [2.05, 4.69) is 27.8 Å². The lowest BCUT2D eigenvalue weighted by Gasteiger charge is -2.29. The molecule has 3 N–H and O–H groups in total. The van der Waals surface area contributed by atoms with Gasteiger partial charge in [0.1, 0.15) is 0 Å². The molecule has 0 saturated carbocycles. The molecule has 0 aromatic carbocycles. The minimum absolute atomic E-state index is 0.00997. The van der Waals surface area contributed by atoms with Gasteiger partial charge in [0.15, 0.2) is 0 Å². The molecule has 1 aromatic rings. The summed E-state index contributed by atoms with van der Waals surface area (Å²) in [6, 6.07) is 2.26. The molecule has 1 aromatic heterocycles. The molecule has 0 fully saturated rings. The molecule has 0 radical (unpaired) electrons. The monoisotopic (exact) mass is 238 g/mol. The molecule has 0 spiro atoms. The fourth-order valence-corrected chi connectivity index (χ4v) is 2.03. The molecule has 17 heavy (non-hydrogen) atoms. The van der Waals surface area contributed by atoms with Crippen LogP contribution in [0.25, 0.3) is 0 Å². The van der Waals surface area contributed by atoms with Crippen molar-refractivity contribution in [1.29, 1.82) is 0 Å². The minimum Gasteiger partial charge on any atom is -0.351 e. The van der Waals surface area contributed by atoms with Gasteiger partial charge in [-0.2, -0.15) is 5.10 Å². The van der Waals surface area contributed by atoms with Crippen LogP contribution in [-0.4, -0.2) is 27.7 Å². The number of rotatable bonds is 6. The number of hydrogen-bond acceptors (Lipinski definition) is 3. The molecule has 0 bridgehead atoms. The third-order valence-electron chi connectivity index (χ3n) is 2.53. The third kappa shape index (κ3) is 5.49. The molecular weight excluding hydrogens is 216 g/mol. The van der Waals surface area contributed by atoms with Crippen LogP contribution < -0.4 is 10.6 Å². The molecule has 0 unspecified atom stereocenters. The van der Waals surface area contributed by atoms with Crippen LogP contribution in [0.4, 0.5) is 0 Å². The summed E-state index contributed by atoms with van der Waals surface area (Å²) in [5.74, 6) is 0.00997. The van der Waals surface area contributed by atoms with Gasteiger partial charge < -0.3 is 10.6 Å². The van der Waals surface area contributed by atoms with Gasteiger partial charge in [0.05, 0.1) is 0 Å². The van der Waals surface area contributed by atoms with Crippen molar-refractivity contribution < 1.29 is 4.79 Å². The van der Waals surface area contributed by atoms with Gasteiger partial charge in [0.2, 0.25) is 5.91 Å². The number of amides is 1. The Hall–Kier alpha value is -1.36. The van der Waals surface area contributed by atoms with E-state index in [0.29, 0.717) is 6.04 Å². The average Bonchev–Trinajstić information content (AvgIpc) is 2.63. The van der Waals surface area contributed by atoms with E-state index >= 15 is 0 Å². The molecule has 0 aliphatic carbocycles. The lowest BCUT2D eigenvalue weighted by Crippen LogP contribution is -2.46. The summed E-state index contributed by atoms with van der Waals surface area (Å²) in [7, 11) is 0. The zero-order valence-electron chi connectivity index (χ0n) is 11.0. The number of nitrogens with one attached hydrogen (secondary N) is 3. The van der Waals surface area contributed by atoms with E-state index in [1.165, 1.54) is 0 Å². The van der Waals surface area contributed by atoms with Crippen molar-refractivity contribution in [3.05, 3.63) is 18.0 Å². The van der Waals surface area contributed by atoms with E-state index in [1.54, 1.807) is 13.1 Å². The SMILES string of the molecule is CC(=O)NC(C)(C)C[C@H](C)NCc1ccn[nH]1. The second kappa shape index (κ2) is 5.82. The Morgan fingerprint density at radius 1 is 1.59 bits per heavy atom. The number of aromatic amines is 1. The highest BCUT2D eigenvalue weighted by Crippen LogP contribution is 2.11. The zero-order chi connectivity index (χ0) is 12.9. The van der Waals surface area contributed by atoms with Crippen molar-refractivity contribution in [2.45, 2.75) is 52.2 Å². The number of aromatic nitrogens is 2. The Morgan fingerprint density at radius 2 is 2.29 bits per heavy atom. The molecule has 1 heterocycles. The molecule has 0 aliphatic heterocycles. The minimum atomic E-state index is -0.188. The lowest BCUT2D eigenvalue weighted by atomic mass is 9.96. The van der Waals surface area contributed by atoms with Crippen LogP contribution in [0, 0.1) is 0 Å². The maximum absolute atomic E-state index is 11.0. The number of nitrogens with zero attached hydrogens (tertiary/aromatic N) is 1. The van der Waals surface area contributed by atoms with Crippen molar-refractivity contribution in [2.75, 3.05) is 0 Å². The maximum atomic E-state index is 11.0. The normalized spacial score (nSPS) is 13.4. The molecule has 5 heteroatoms. The Balaban J connectivity index is 2.33. The Morgan fingerprint density at radius 3 is 2.82 bits per heavy atom. The van der Waals surface area contributed by atoms with E-state index in [9.17, 15) is 4.79 Å². The standard InChI is InChI=1S/C12H22N4O/c1-9(7-12(3,4)15-10(2)17)13-8-11-5-6-14-16-11/h5-6,9,13H,7-8H2,1-4H3,(H,14,16)(H,15,17)/t9-/m0/s1. The predicted octanol–water partition coefficient (Wildman–Crippen LogP) is 1.19. The van der Waals surface area contributed by atoms with Gasteiger partial charge >= 0.3 is 0 Å². The zero-order valence-corrected chi connectivity index (χ0v) is 11.0. The summed E-state index contributed by atoms with van der Waals surface area (Å²) in [6.07, 6.45) is 2.61. The summed E-state index contributed by atoms with van der Waals surface area (Å²) in [4.78, 5) is 11.0. The highest BCUT2D eigenvalue weighted by molar-refractivity contribution is 5.73. The summed E-state index contributed by atoms with van der Waals surface area (Å²) >= 11 is 0. The number of H-pyrrole nitrogens is 1. The summed E-state index contributed by atoms with van der Waals surface area (Å²) in [5.41, 5.74) is 0.876. The summed E-state index contributed by atoms with van der Waals surface area (Å²) < 4.78 is 0. The molecular formula is C12H22N4O. The Labute approximate surface area is 102 Å². The van der Waals surface area contributed by atoms with E-state index in [-0.39, 0.29) is 11.4 Å². The molecule has 1 atom stereocenters. The first kappa shape index (κ1) is 13.7. The molecule has 0 saturated heterocycles. The van der Waals surface area contributed by atoms with E-state index in [4.69, 9.17) is 0 Å². The quantitative estimate of drug-likeness (QED) is 0.697. The van der Waals surface area contributed by atoms with Crippen molar-refractivity contribution in [3.8, 4) is 0 Å². The van der Waals surface area contributed by atoms with Crippen LogP contribution in [0.2, 0.25) is 0 Å². The summed E-state index contributed by atoms with van der Waals surface area (Å²) in [6.45, 7) is 8.48. The van der Waals surface area contributed by atoms with E-state index in [1.807, 2.05) is 19.9 Å². The largest absolute Gasteiger partial charge is 0.351 e. The fourth-order valence-electron chi connectivity index (χ4n) is 2.03. The maximum Gasteiger partial charge on any atom is 0.217 e. The van der Waals surface area contributed by atoms with Crippen molar-refractivity contribution >= 4 is 5.91 Å². The van der Waals surface area contributed by atoms with Crippen LogP contribution in [0.5, 0.6) is 0 Å². The van der Waals surface area contributed by atoms with E-state index in [0.717, 1.165) is 18.7 Å². The molecule has 5 nitrogen and oxygen atoms in total. The van der Waals surface area contributed by atoms with Gasteiger partial charge in [-0.05, 0) is 33.3 Å². The predicted molar refractivity (Wildman–Crippen MR) is 67.4 cm³/mol. The van der Waals surface area contributed by atoms with Crippen LogP contribution in [0.1, 0.15) is 39.8 Å². The van der Waals surface area contributed by atoms with Gasteiger partial charge in [-0.1, -0.05) is 0 Å². The molecule has 1 rings (SSSR count). The number of carbonyl (C=O) groups is 1. The van der Waals surface area contributed by atoms with Gasteiger partial charge in [-0.25, -0.2) is 0 Å². The second-order valence-electron chi connectivity index (χ2n) is 5.13. The fraction of sp³-hybridized carbons (Fsp3) is 0.667.